The van der Waals surface area contributed by atoms with Crippen LogP contribution in [0.4, 0.5) is 5.69 Å². The molecule has 0 aliphatic heterocycles. The molecule has 0 spiro atoms. The minimum atomic E-state index is -0.263. The zero-order valence-corrected chi connectivity index (χ0v) is 12.3. The molecule has 0 aliphatic rings. The van der Waals surface area contributed by atoms with Crippen molar-refractivity contribution in [1.29, 1.82) is 0 Å². The van der Waals surface area contributed by atoms with Crippen molar-refractivity contribution in [2.45, 2.75) is 13.2 Å². The van der Waals surface area contributed by atoms with E-state index in [4.69, 9.17) is 5.11 Å². The van der Waals surface area contributed by atoms with Gasteiger partial charge in [0.05, 0.1) is 18.3 Å². The maximum atomic E-state index is 12.2. The Kier molecular flexibility index (Phi) is 4.16. The number of para-hydroxylation sites is 1. The number of carbonyl (C=O) groups is 1. The van der Waals surface area contributed by atoms with Crippen molar-refractivity contribution in [2.75, 3.05) is 5.32 Å². The second kappa shape index (κ2) is 6.41. The standard InChI is InChI=1S/C17H15N3O3/c21-11-12-4-3-5-13(8-12)19-17(23)10-20-15-7-2-1-6-14(15)16(22)9-18-20/h1-9,21H,10-11H2,(H,19,23). The molecule has 0 unspecified atom stereocenters. The number of amides is 1. The predicted octanol–water partition coefficient (Wildman–Crippen LogP) is 1.53. The van der Waals surface area contributed by atoms with Crippen LogP contribution in [0.5, 0.6) is 0 Å². The first-order chi connectivity index (χ1) is 11.2. The number of aliphatic hydroxyl groups excluding tert-OH is 1. The summed E-state index contributed by atoms with van der Waals surface area (Å²) in [6.07, 6.45) is 1.21. The highest BCUT2D eigenvalue weighted by Crippen LogP contribution is 2.12. The van der Waals surface area contributed by atoms with Crippen LogP contribution in [0.15, 0.2) is 59.5 Å². The van der Waals surface area contributed by atoms with Crippen molar-refractivity contribution in [2.24, 2.45) is 0 Å². The Balaban J connectivity index is 1.83. The summed E-state index contributed by atoms with van der Waals surface area (Å²) in [5.74, 6) is -0.263. The normalized spacial score (nSPS) is 10.7. The lowest BCUT2D eigenvalue weighted by Gasteiger charge is -2.10. The third-order valence-electron chi connectivity index (χ3n) is 3.45. The number of nitrogens with one attached hydrogen (secondary N) is 1. The van der Waals surface area contributed by atoms with Gasteiger partial charge in [0.2, 0.25) is 11.3 Å². The number of aliphatic hydroxyl groups is 1. The monoisotopic (exact) mass is 309 g/mol. The first-order valence-corrected chi connectivity index (χ1v) is 7.12. The minimum absolute atomic E-state index is 0.00978. The predicted molar refractivity (Wildman–Crippen MR) is 87.0 cm³/mol. The van der Waals surface area contributed by atoms with Crippen LogP contribution < -0.4 is 10.7 Å². The molecule has 6 nitrogen and oxygen atoms in total. The van der Waals surface area contributed by atoms with Crippen molar-refractivity contribution < 1.29 is 9.90 Å². The van der Waals surface area contributed by atoms with E-state index in [0.717, 1.165) is 5.56 Å². The van der Waals surface area contributed by atoms with Gasteiger partial charge in [-0.1, -0.05) is 24.3 Å². The van der Waals surface area contributed by atoms with Gasteiger partial charge < -0.3 is 10.4 Å². The molecule has 1 aromatic heterocycles. The fourth-order valence-electron chi connectivity index (χ4n) is 2.37. The number of aromatic nitrogens is 2. The van der Waals surface area contributed by atoms with Crippen molar-refractivity contribution >= 4 is 22.5 Å². The van der Waals surface area contributed by atoms with Crippen LogP contribution in [-0.4, -0.2) is 20.8 Å². The highest BCUT2D eigenvalue weighted by atomic mass is 16.3. The van der Waals surface area contributed by atoms with E-state index in [2.05, 4.69) is 10.4 Å². The van der Waals surface area contributed by atoms with Gasteiger partial charge in [0.1, 0.15) is 6.54 Å². The highest BCUT2D eigenvalue weighted by molar-refractivity contribution is 5.91. The van der Waals surface area contributed by atoms with Gasteiger partial charge in [0.25, 0.3) is 0 Å². The van der Waals surface area contributed by atoms with Gasteiger partial charge in [-0.3, -0.25) is 14.3 Å². The molecule has 1 amide bonds. The Bertz CT molecular complexity index is 918. The fraction of sp³-hybridized carbons (Fsp3) is 0.118. The smallest absolute Gasteiger partial charge is 0.246 e. The van der Waals surface area contributed by atoms with Crippen molar-refractivity contribution in [1.82, 2.24) is 9.78 Å². The molecule has 6 heteroatoms. The summed E-state index contributed by atoms with van der Waals surface area (Å²) in [7, 11) is 0. The molecule has 116 valence electrons. The van der Waals surface area contributed by atoms with Gasteiger partial charge >= 0.3 is 0 Å². The lowest BCUT2D eigenvalue weighted by molar-refractivity contribution is -0.116. The van der Waals surface area contributed by atoms with Crippen LogP contribution >= 0.6 is 0 Å². The average Bonchev–Trinajstić information content (AvgIpc) is 2.58. The lowest BCUT2D eigenvalue weighted by Crippen LogP contribution is -2.22. The summed E-state index contributed by atoms with van der Waals surface area (Å²) in [6.45, 7) is -0.0975. The maximum Gasteiger partial charge on any atom is 0.246 e. The van der Waals surface area contributed by atoms with Crippen LogP contribution in [0.2, 0.25) is 0 Å². The van der Waals surface area contributed by atoms with Crippen LogP contribution in [0.1, 0.15) is 5.56 Å². The van der Waals surface area contributed by atoms with E-state index in [0.29, 0.717) is 16.6 Å². The second-order valence-electron chi connectivity index (χ2n) is 5.09. The Hall–Kier alpha value is -2.99. The van der Waals surface area contributed by atoms with Gasteiger partial charge in [0.15, 0.2) is 0 Å². The molecule has 3 aromatic rings. The van der Waals surface area contributed by atoms with Crippen LogP contribution in [0.3, 0.4) is 0 Å². The summed E-state index contributed by atoms with van der Waals surface area (Å²) >= 11 is 0. The fourth-order valence-corrected chi connectivity index (χ4v) is 2.37. The number of nitrogens with zero attached hydrogens (tertiary/aromatic N) is 2. The van der Waals surface area contributed by atoms with Gasteiger partial charge in [-0.2, -0.15) is 5.10 Å². The molecule has 0 aliphatic carbocycles. The van der Waals surface area contributed by atoms with E-state index >= 15 is 0 Å². The minimum Gasteiger partial charge on any atom is -0.392 e. The van der Waals surface area contributed by atoms with Gasteiger partial charge in [-0.05, 0) is 29.8 Å². The molecule has 2 N–H and O–H groups in total. The molecule has 0 bridgehead atoms. The molecule has 3 rings (SSSR count). The molecule has 0 radical (unpaired) electrons. The lowest BCUT2D eigenvalue weighted by atomic mass is 10.2. The largest absolute Gasteiger partial charge is 0.392 e. The molecule has 0 saturated heterocycles. The molecule has 2 aromatic carbocycles. The Morgan fingerprint density at radius 1 is 1.17 bits per heavy atom. The van der Waals surface area contributed by atoms with E-state index in [1.807, 2.05) is 0 Å². The number of benzene rings is 2. The molecule has 0 atom stereocenters. The zero-order chi connectivity index (χ0) is 16.2. The second-order valence-corrected chi connectivity index (χ2v) is 5.09. The zero-order valence-electron chi connectivity index (χ0n) is 12.3. The number of hydrogen-bond acceptors (Lipinski definition) is 4. The summed E-state index contributed by atoms with van der Waals surface area (Å²) in [5.41, 5.74) is 1.76. The number of hydrogen-bond donors (Lipinski definition) is 2. The van der Waals surface area contributed by atoms with Gasteiger partial charge in [0, 0.05) is 11.1 Å². The molecular weight excluding hydrogens is 294 g/mol. The SMILES string of the molecule is O=C(Cn1ncc(=O)c2ccccc21)Nc1cccc(CO)c1. The number of anilines is 1. The van der Waals surface area contributed by atoms with E-state index in [1.165, 1.54) is 10.9 Å². The highest BCUT2D eigenvalue weighted by Gasteiger charge is 2.08. The van der Waals surface area contributed by atoms with Crippen LogP contribution in [0, 0.1) is 0 Å². The van der Waals surface area contributed by atoms with E-state index in [-0.39, 0.29) is 24.5 Å². The number of rotatable bonds is 4. The molecule has 23 heavy (non-hydrogen) atoms. The molecule has 0 saturated carbocycles. The van der Waals surface area contributed by atoms with E-state index in [1.54, 1.807) is 48.5 Å². The number of fused-ring (bicyclic) bond motifs is 1. The Labute approximate surface area is 132 Å². The molecular formula is C17H15N3O3. The van der Waals surface area contributed by atoms with Crippen LogP contribution in [-0.2, 0) is 17.9 Å². The Morgan fingerprint density at radius 3 is 2.83 bits per heavy atom. The topological polar surface area (TPSA) is 84.2 Å². The summed E-state index contributed by atoms with van der Waals surface area (Å²) in [5, 5.41) is 16.4. The van der Waals surface area contributed by atoms with Gasteiger partial charge in [-0.15, -0.1) is 0 Å². The Morgan fingerprint density at radius 2 is 2.00 bits per heavy atom. The summed E-state index contributed by atoms with van der Waals surface area (Å²) < 4.78 is 1.49. The van der Waals surface area contributed by atoms with Crippen molar-refractivity contribution in [3.05, 3.63) is 70.5 Å². The maximum absolute atomic E-state index is 12.2. The third-order valence-corrected chi connectivity index (χ3v) is 3.45. The molecule has 1 heterocycles. The third kappa shape index (κ3) is 3.27. The van der Waals surface area contributed by atoms with E-state index in [9.17, 15) is 9.59 Å². The van der Waals surface area contributed by atoms with E-state index < -0.39 is 0 Å². The van der Waals surface area contributed by atoms with Gasteiger partial charge in [-0.25, -0.2) is 0 Å². The average molecular weight is 309 g/mol. The van der Waals surface area contributed by atoms with Crippen molar-refractivity contribution in [3.8, 4) is 0 Å². The summed E-state index contributed by atoms with van der Waals surface area (Å²) in [4.78, 5) is 24.0. The summed E-state index contributed by atoms with van der Waals surface area (Å²) in [6, 6.07) is 14.0. The quantitative estimate of drug-likeness (QED) is 0.765. The first-order valence-electron chi connectivity index (χ1n) is 7.12. The van der Waals surface area contributed by atoms with Crippen molar-refractivity contribution in [3.63, 3.8) is 0 Å². The van der Waals surface area contributed by atoms with Crippen LogP contribution in [0.25, 0.3) is 10.9 Å². The first kappa shape index (κ1) is 14.9. The molecule has 0 fully saturated rings. The number of carbonyl (C=O) groups excluding carboxylic acids is 1.